The largest absolute Gasteiger partial charge is 0.477 e. The molecule has 0 radical (unpaired) electrons. The van der Waals surface area contributed by atoms with Crippen molar-refractivity contribution >= 4 is 35.6 Å². The maximum absolute atomic E-state index is 12.5. The second-order valence-corrected chi connectivity index (χ2v) is 9.53. The second-order valence-electron chi connectivity index (χ2n) is 8.19. The monoisotopic (exact) mass is 423 g/mol. The number of rotatable bonds is 6. The number of aliphatic hydroxyl groups excluding tert-OH is 1. The highest BCUT2D eigenvalue weighted by molar-refractivity contribution is 8.03. The van der Waals surface area contributed by atoms with E-state index in [1.807, 2.05) is 13.8 Å². The highest BCUT2D eigenvalue weighted by atomic mass is 32.2. The quantitative estimate of drug-likeness (QED) is 0.477. The summed E-state index contributed by atoms with van der Waals surface area (Å²) in [5, 5.41) is 19.5. The molecule has 9 nitrogen and oxygen atoms in total. The zero-order valence-electron chi connectivity index (χ0n) is 16.6. The molecule has 158 valence electrons. The van der Waals surface area contributed by atoms with Crippen LogP contribution in [0, 0.1) is 11.8 Å². The zero-order chi connectivity index (χ0) is 21.2. The Morgan fingerprint density at radius 1 is 1.28 bits per heavy atom. The fourth-order valence-electron chi connectivity index (χ4n) is 5.05. The van der Waals surface area contributed by atoms with Crippen LogP contribution in [-0.4, -0.2) is 85.3 Å². The molecule has 0 bridgehead atoms. The molecule has 4 rings (SSSR count). The molecule has 29 heavy (non-hydrogen) atoms. The van der Waals surface area contributed by atoms with E-state index in [9.17, 15) is 29.4 Å². The SMILES string of the molecule is CCCN1C(=O)[C@H]2C[C@H](SC3=C(C(=O)O)N4C(=O)C(C(C)O)C4[C@H]3C)CN2C1=O. The van der Waals surface area contributed by atoms with E-state index in [4.69, 9.17) is 0 Å². The Morgan fingerprint density at radius 2 is 1.97 bits per heavy atom. The summed E-state index contributed by atoms with van der Waals surface area (Å²) in [6.07, 6.45) is 0.331. The highest BCUT2D eigenvalue weighted by Crippen LogP contribution is 2.52. The molecule has 3 saturated heterocycles. The van der Waals surface area contributed by atoms with Gasteiger partial charge in [-0.05, 0) is 19.8 Å². The van der Waals surface area contributed by atoms with Crippen molar-refractivity contribution < 1.29 is 29.4 Å². The lowest BCUT2D eigenvalue weighted by Gasteiger charge is -2.46. The number of carboxylic acids is 1. The normalized spacial score (nSPS) is 34.7. The molecule has 3 fully saturated rings. The lowest BCUT2D eigenvalue weighted by atomic mass is 9.79. The molecule has 4 aliphatic heterocycles. The van der Waals surface area contributed by atoms with E-state index in [1.165, 1.54) is 21.6 Å². The van der Waals surface area contributed by atoms with E-state index in [1.54, 1.807) is 11.8 Å². The molecule has 4 aliphatic rings. The van der Waals surface area contributed by atoms with Crippen molar-refractivity contribution in [3.8, 4) is 0 Å². The molecule has 4 amide bonds. The van der Waals surface area contributed by atoms with Gasteiger partial charge in [0.15, 0.2) is 0 Å². The summed E-state index contributed by atoms with van der Waals surface area (Å²) in [5.41, 5.74) is -0.0216. The van der Waals surface area contributed by atoms with E-state index in [0.29, 0.717) is 30.8 Å². The van der Waals surface area contributed by atoms with E-state index in [2.05, 4.69) is 0 Å². The summed E-state index contributed by atoms with van der Waals surface area (Å²) in [7, 11) is 0. The Balaban J connectivity index is 1.53. The summed E-state index contributed by atoms with van der Waals surface area (Å²) in [4.78, 5) is 54.2. The number of carboxylic acid groups (broad SMARTS) is 1. The molecule has 3 unspecified atom stereocenters. The summed E-state index contributed by atoms with van der Waals surface area (Å²) in [6, 6.07) is -1.12. The molecule has 2 N–H and O–H groups in total. The van der Waals surface area contributed by atoms with Gasteiger partial charge in [-0.3, -0.25) is 14.5 Å². The van der Waals surface area contributed by atoms with Gasteiger partial charge < -0.3 is 20.0 Å². The number of hydrogen-bond donors (Lipinski definition) is 2. The number of aliphatic hydroxyl groups is 1. The summed E-state index contributed by atoms with van der Waals surface area (Å²) >= 11 is 1.36. The van der Waals surface area contributed by atoms with E-state index < -0.39 is 24.0 Å². The van der Waals surface area contributed by atoms with Crippen LogP contribution in [0.25, 0.3) is 0 Å². The number of urea groups is 1. The van der Waals surface area contributed by atoms with Crippen LogP contribution in [-0.2, 0) is 14.4 Å². The molecule has 0 spiro atoms. The Hall–Kier alpha value is -2.07. The fourth-order valence-corrected chi connectivity index (χ4v) is 6.57. The molecular formula is C19H25N3O6S. The minimum atomic E-state index is -1.17. The Kier molecular flexibility index (Phi) is 4.89. The number of fused-ring (bicyclic) bond motifs is 2. The number of hydrogen-bond acceptors (Lipinski definition) is 6. The third-order valence-corrected chi connectivity index (χ3v) is 7.84. The van der Waals surface area contributed by atoms with Gasteiger partial charge in [-0.25, -0.2) is 9.59 Å². The Bertz CT molecular complexity index is 803. The smallest absolute Gasteiger partial charge is 0.353 e. The van der Waals surface area contributed by atoms with Gasteiger partial charge in [-0.15, -0.1) is 11.8 Å². The van der Waals surface area contributed by atoms with Crippen LogP contribution < -0.4 is 0 Å². The molecular weight excluding hydrogens is 398 g/mol. The lowest BCUT2D eigenvalue weighted by molar-refractivity contribution is -0.163. The number of β-lactam (4-membered cyclic amide) rings is 1. The summed E-state index contributed by atoms with van der Waals surface area (Å²) in [6.45, 7) is 6.11. The minimum absolute atomic E-state index is 0.0216. The third-order valence-electron chi connectivity index (χ3n) is 6.34. The fraction of sp³-hybridized carbons (Fsp3) is 0.684. The minimum Gasteiger partial charge on any atom is -0.477 e. The van der Waals surface area contributed by atoms with Crippen LogP contribution in [0.5, 0.6) is 0 Å². The number of thioether (sulfide) groups is 1. The number of carbonyl (C=O) groups is 4. The zero-order valence-corrected chi connectivity index (χ0v) is 17.4. The molecule has 0 aromatic carbocycles. The van der Waals surface area contributed by atoms with Crippen molar-refractivity contribution in [1.29, 1.82) is 0 Å². The maximum atomic E-state index is 12.5. The first-order chi connectivity index (χ1) is 13.7. The van der Waals surface area contributed by atoms with Crippen molar-refractivity contribution in [2.75, 3.05) is 13.1 Å². The molecule has 4 heterocycles. The summed E-state index contributed by atoms with van der Waals surface area (Å²) < 4.78 is 0. The van der Waals surface area contributed by atoms with Crippen LogP contribution >= 0.6 is 11.8 Å². The predicted molar refractivity (Wildman–Crippen MR) is 104 cm³/mol. The van der Waals surface area contributed by atoms with Crippen LogP contribution in [0.15, 0.2) is 10.6 Å². The van der Waals surface area contributed by atoms with Gasteiger partial charge >= 0.3 is 12.0 Å². The summed E-state index contributed by atoms with van der Waals surface area (Å²) in [5.74, 6) is -2.53. The van der Waals surface area contributed by atoms with Crippen molar-refractivity contribution in [3.63, 3.8) is 0 Å². The number of aliphatic carboxylic acids is 1. The van der Waals surface area contributed by atoms with Gasteiger partial charge in [0.05, 0.1) is 18.1 Å². The van der Waals surface area contributed by atoms with Crippen LogP contribution in [0.1, 0.15) is 33.6 Å². The Labute approximate surface area is 172 Å². The number of carbonyl (C=O) groups excluding carboxylic acids is 3. The van der Waals surface area contributed by atoms with E-state index in [0.717, 1.165) is 0 Å². The van der Waals surface area contributed by atoms with Gasteiger partial charge in [0, 0.05) is 29.2 Å². The first-order valence-electron chi connectivity index (χ1n) is 9.96. The maximum Gasteiger partial charge on any atom is 0.353 e. The molecule has 0 aromatic heterocycles. The van der Waals surface area contributed by atoms with Crippen molar-refractivity contribution in [3.05, 3.63) is 10.6 Å². The van der Waals surface area contributed by atoms with Crippen molar-refractivity contribution in [1.82, 2.24) is 14.7 Å². The van der Waals surface area contributed by atoms with Crippen molar-refractivity contribution in [2.45, 2.75) is 57.1 Å². The van der Waals surface area contributed by atoms with Gasteiger partial charge in [-0.1, -0.05) is 13.8 Å². The second kappa shape index (κ2) is 7.02. The average Bonchev–Trinajstić information content (AvgIpc) is 3.23. The van der Waals surface area contributed by atoms with Gasteiger partial charge in [0.2, 0.25) is 5.91 Å². The van der Waals surface area contributed by atoms with E-state index >= 15 is 0 Å². The first kappa shape index (κ1) is 20.2. The van der Waals surface area contributed by atoms with Gasteiger partial charge in [0.1, 0.15) is 11.7 Å². The molecule has 6 atom stereocenters. The van der Waals surface area contributed by atoms with Crippen molar-refractivity contribution in [2.24, 2.45) is 11.8 Å². The predicted octanol–water partition coefficient (Wildman–Crippen LogP) is 0.688. The third kappa shape index (κ3) is 2.79. The molecule has 0 aromatic rings. The van der Waals surface area contributed by atoms with Crippen LogP contribution in [0.2, 0.25) is 0 Å². The van der Waals surface area contributed by atoms with Gasteiger partial charge in [-0.2, -0.15) is 0 Å². The molecule has 0 aliphatic carbocycles. The molecule has 0 saturated carbocycles. The first-order valence-corrected chi connectivity index (χ1v) is 10.8. The van der Waals surface area contributed by atoms with Gasteiger partial charge in [0.25, 0.3) is 5.91 Å². The molecule has 10 heteroatoms. The topological polar surface area (TPSA) is 118 Å². The van der Waals surface area contributed by atoms with Crippen LogP contribution in [0.4, 0.5) is 4.79 Å². The highest BCUT2D eigenvalue weighted by Gasteiger charge is 2.60. The standard InChI is InChI=1S/C19H25N3O6S/c1-4-5-20-16(24)11-6-10(7-21(11)19(20)28)29-15-8(2)13-12(9(3)23)17(25)22(13)14(15)18(26)27/h8-13,23H,4-7H2,1-3H3,(H,26,27)/t8-,9?,10+,11-,12?,13?/m1/s1. The van der Waals surface area contributed by atoms with Crippen LogP contribution in [0.3, 0.4) is 0 Å². The number of imide groups is 1. The average molecular weight is 423 g/mol. The Morgan fingerprint density at radius 3 is 2.52 bits per heavy atom. The number of amides is 4. The number of nitrogens with zero attached hydrogens (tertiary/aromatic N) is 3. The lowest BCUT2D eigenvalue weighted by Crippen LogP contribution is -2.63. The van der Waals surface area contributed by atoms with E-state index in [-0.39, 0.29) is 40.8 Å².